The summed E-state index contributed by atoms with van der Waals surface area (Å²) in [7, 11) is 0. The maximum atomic E-state index is 11.0. The monoisotopic (exact) mass is 238 g/mol. The minimum atomic E-state index is -1.39. The lowest BCUT2D eigenvalue weighted by Crippen LogP contribution is -2.34. The zero-order valence-corrected chi connectivity index (χ0v) is 9.22. The third-order valence-corrected chi connectivity index (χ3v) is 2.25. The molecule has 3 nitrogen and oxygen atoms in total. The Bertz CT molecular complexity index is 151. The molecule has 0 heterocycles. The van der Waals surface area contributed by atoms with Gasteiger partial charge in [0.2, 0.25) is 0 Å². The van der Waals surface area contributed by atoms with Crippen LogP contribution in [0.5, 0.6) is 0 Å². The van der Waals surface area contributed by atoms with Gasteiger partial charge >= 0.3 is 5.97 Å². The third-order valence-electron chi connectivity index (χ3n) is 1.34. The van der Waals surface area contributed by atoms with Gasteiger partial charge in [-0.3, -0.25) is 0 Å². The predicted molar refractivity (Wildman–Crippen MR) is 50.3 cm³/mol. The van der Waals surface area contributed by atoms with Crippen molar-refractivity contribution in [2.24, 2.45) is 0 Å². The molecular formula is C8H15BrO3. The first-order valence-electron chi connectivity index (χ1n) is 3.91. The molecule has 0 saturated carbocycles. The number of carbonyl (C=O) groups excluding carboxylic acids is 1. The van der Waals surface area contributed by atoms with Crippen LogP contribution in [0, 0.1) is 0 Å². The van der Waals surface area contributed by atoms with Crippen LogP contribution in [-0.4, -0.2) is 28.1 Å². The highest BCUT2D eigenvalue weighted by atomic mass is 79.9. The Morgan fingerprint density at radius 1 is 1.67 bits per heavy atom. The molecule has 0 aromatic carbocycles. The third kappa shape index (κ3) is 4.72. The molecule has 12 heavy (non-hydrogen) atoms. The summed E-state index contributed by atoms with van der Waals surface area (Å²) in [6.07, 6.45) is 0.888. The summed E-state index contributed by atoms with van der Waals surface area (Å²) in [6, 6.07) is 0. The number of carbonyl (C=O) groups is 1. The smallest absolute Gasteiger partial charge is 0.337 e. The van der Waals surface area contributed by atoms with Crippen molar-refractivity contribution in [3.8, 4) is 0 Å². The highest BCUT2D eigenvalue weighted by molar-refractivity contribution is 9.09. The first kappa shape index (κ1) is 11.9. The number of ether oxygens (including phenoxy) is 1. The molecule has 1 unspecified atom stereocenters. The van der Waals surface area contributed by atoms with Gasteiger partial charge in [0, 0.05) is 4.83 Å². The minimum Gasteiger partial charge on any atom is -0.462 e. The molecule has 0 saturated heterocycles. The van der Waals surface area contributed by atoms with E-state index in [0.717, 1.165) is 6.42 Å². The Hall–Kier alpha value is -0.0900. The maximum Gasteiger partial charge on any atom is 0.337 e. The highest BCUT2D eigenvalue weighted by Gasteiger charge is 2.25. The molecule has 4 heteroatoms. The molecule has 1 atom stereocenters. The maximum absolute atomic E-state index is 11.0. The van der Waals surface area contributed by atoms with E-state index in [1.807, 2.05) is 6.92 Å². The van der Waals surface area contributed by atoms with Crippen LogP contribution < -0.4 is 0 Å². The molecule has 0 aliphatic carbocycles. The van der Waals surface area contributed by atoms with E-state index in [0.29, 0.717) is 6.61 Å². The standard InChI is InChI=1S/C8H15BrO3/c1-4-6(9)5-12-7(10)8(2,3)11/h6,11H,4-5H2,1-3H3. The summed E-state index contributed by atoms with van der Waals surface area (Å²) < 4.78 is 4.82. The second kappa shape index (κ2) is 4.82. The number of hydrogen-bond donors (Lipinski definition) is 1. The number of halogens is 1. The van der Waals surface area contributed by atoms with Crippen LogP contribution in [0.3, 0.4) is 0 Å². The van der Waals surface area contributed by atoms with Crippen LogP contribution >= 0.6 is 15.9 Å². The van der Waals surface area contributed by atoms with Crippen LogP contribution in [0.4, 0.5) is 0 Å². The van der Waals surface area contributed by atoms with E-state index >= 15 is 0 Å². The van der Waals surface area contributed by atoms with Crippen molar-refractivity contribution in [1.82, 2.24) is 0 Å². The number of hydrogen-bond acceptors (Lipinski definition) is 3. The predicted octanol–water partition coefficient (Wildman–Crippen LogP) is 1.47. The molecule has 0 aromatic rings. The molecule has 72 valence electrons. The molecule has 0 fully saturated rings. The van der Waals surface area contributed by atoms with Crippen LogP contribution in [0.1, 0.15) is 27.2 Å². The van der Waals surface area contributed by atoms with E-state index in [2.05, 4.69) is 15.9 Å². The average molecular weight is 239 g/mol. The lowest BCUT2D eigenvalue weighted by atomic mass is 10.1. The van der Waals surface area contributed by atoms with Crippen LogP contribution in [-0.2, 0) is 9.53 Å². The molecule has 0 amide bonds. The van der Waals surface area contributed by atoms with E-state index < -0.39 is 11.6 Å². The molecular weight excluding hydrogens is 224 g/mol. The second-order valence-corrected chi connectivity index (χ2v) is 4.46. The molecule has 0 bridgehead atoms. The summed E-state index contributed by atoms with van der Waals surface area (Å²) in [6.45, 7) is 5.10. The molecule has 1 N–H and O–H groups in total. The fraction of sp³-hybridized carbons (Fsp3) is 0.875. The quantitative estimate of drug-likeness (QED) is 0.597. The van der Waals surface area contributed by atoms with E-state index in [1.54, 1.807) is 0 Å². The Morgan fingerprint density at radius 2 is 2.17 bits per heavy atom. The van der Waals surface area contributed by atoms with Gasteiger partial charge < -0.3 is 9.84 Å². The van der Waals surface area contributed by atoms with Crippen molar-refractivity contribution >= 4 is 21.9 Å². The first-order chi connectivity index (χ1) is 5.38. The molecule has 0 spiro atoms. The Balaban J connectivity index is 3.73. The van der Waals surface area contributed by atoms with Gasteiger partial charge in [0.1, 0.15) is 6.61 Å². The normalized spacial score (nSPS) is 14.1. The molecule has 0 aliphatic heterocycles. The zero-order valence-electron chi connectivity index (χ0n) is 7.63. The average Bonchev–Trinajstić information content (AvgIpc) is 1.97. The SMILES string of the molecule is CCC(Br)COC(=O)C(C)(C)O. The lowest BCUT2D eigenvalue weighted by molar-refractivity contribution is -0.161. The van der Waals surface area contributed by atoms with Crippen molar-refractivity contribution in [2.75, 3.05) is 6.61 Å². The van der Waals surface area contributed by atoms with Crippen molar-refractivity contribution in [3.05, 3.63) is 0 Å². The Morgan fingerprint density at radius 3 is 2.50 bits per heavy atom. The second-order valence-electron chi connectivity index (χ2n) is 3.16. The largest absolute Gasteiger partial charge is 0.462 e. The Kier molecular flexibility index (Phi) is 4.78. The van der Waals surface area contributed by atoms with Gasteiger partial charge in [0.05, 0.1) is 0 Å². The van der Waals surface area contributed by atoms with Crippen LogP contribution in [0.25, 0.3) is 0 Å². The van der Waals surface area contributed by atoms with Gasteiger partial charge in [-0.05, 0) is 20.3 Å². The van der Waals surface area contributed by atoms with Gasteiger partial charge in [0.15, 0.2) is 5.60 Å². The summed E-state index contributed by atoms with van der Waals surface area (Å²) >= 11 is 3.31. The summed E-state index contributed by atoms with van der Waals surface area (Å²) in [4.78, 5) is 11.2. The van der Waals surface area contributed by atoms with Gasteiger partial charge in [-0.1, -0.05) is 22.9 Å². The number of alkyl halides is 1. The first-order valence-corrected chi connectivity index (χ1v) is 4.83. The molecule has 0 aromatic heterocycles. The van der Waals surface area contributed by atoms with Gasteiger partial charge in [-0.2, -0.15) is 0 Å². The Labute approximate surface area is 81.2 Å². The van der Waals surface area contributed by atoms with E-state index in [4.69, 9.17) is 4.74 Å². The molecule has 0 radical (unpaired) electrons. The highest BCUT2D eigenvalue weighted by Crippen LogP contribution is 2.08. The summed E-state index contributed by atoms with van der Waals surface area (Å²) in [5.41, 5.74) is -1.39. The van der Waals surface area contributed by atoms with Crippen molar-refractivity contribution < 1.29 is 14.6 Å². The van der Waals surface area contributed by atoms with E-state index in [-0.39, 0.29) is 4.83 Å². The van der Waals surface area contributed by atoms with Crippen molar-refractivity contribution in [2.45, 2.75) is 37.6 Å². The van der Waals surface area contributed by atoms with Gasteiger partial charge in [-0.25, -0.2) is 4.79 Å². The van der Waals surface area contributed by atoms with Crippen LogP contribution in [0.2, 0.25) is 0 Å². The topological polar surface area (TPSA) is 46.5 Å². The van der Waals surface area contributed by atoms with Crippen molar-refractivity contribution in [1.29, 1.82) is 0 Å². The van der Waals surface area contributed by atoms with E-state index in [9.17, 15) is 9.90 Å². The summed E-state index contributed by atoms with van der Waals surface area (Å²) in [5, 5.41) is 9.18. The van der Waals surface area contributed by atoms with Crippen molar-refractivity contribution in [3.63, 3.8) is 0 Å². The number of aliphatic hydroxyl groups is 1. The van der Waals surface area contributed by atoms with E-state index in [1.165, 1.54) is 13.8 Å². The fourth-order valence-corrected chi connectivity index (χ4v) is 0.593. The number of esters is 1. The molecule has 0 aliphatic rings. The zero-order chi connectivity index (χ0) is 9.78. The minimum absolute atomic E-state index is 0.170. The van der Waals surface area contributed by atoms with Gasteiger partial charge in [-0.15, -0.1) is 0 Å². The number of rotatable bonds is 4. The summed E-state index contributed by atoms with van der Waals surface area (Å²) in [5.74, 6) is -0.583. The lowest BCUT2D eigenvalue weighted by Gasteiger charge is -2.16. The van der Waals surface area contributed by atoms with Crippen LogP contribution in [0.15, 0.2) is 0 Å². The molecule has 0 rings (SSSR count). The van der Waals surface area contributed by atoms with Gasteiger partial charge in [0.25, 0.3) is 0 Å². The fourth-order valence-electron chi connectivity index (χ4n) is 0.461.